The van der Waals surface area contributed by atoms with E-state index in [4.69, 9.17) is 14.2 Å². The molecule has 0 bridgehead atoms. The average Bonchev–Trinajstić information content (AvgIpc) is 2.88. The highest BCUT2D eigenvalue weighted by atomic mass is 16.6. The number of fused-ring (bicyclic) bond motifs is 2. The van der Waals surface area contributed by atoms with Crippen LogP contribution < -0.4 is 9.47 Å². The number of benzene rings is 2. The zero-order chi connectivity index (χ0) is 24.0. The van der Waals surface area contributed by atoms with Crippen LogP contribution in [0.2, 0.25) is 0 Å². The molecule has 0 aliphatic carbocycles. The first kappa shape index (κ1) is 24.4. The predicted molar refractivity (Wildman–Crippen MR) is 121 cm³/mol. The molecule has 8 heteroatoms. The maximum absolute atomic E-state index is 13.0. The molecule has 0 spiro atoms. The van der Waals surface area contributed by atoms with Gasteiger partial charge in [0.15, 0.2) is 11.5 Å². The standard InChI is InChI=1S/C25H30O8/c1-3-5-7-9-17-22(24(28)29)18(27)13-20-23(17)32-19-12-16(26)11-15(21(19)25(30)33-20)14-31-10-8-6-4-2/h11-13,26-27H,3-10,14H2,1-2H3,(H,28,29). The van der Waals surface area contributed by atoms with E-state index in [0.29, 0.717) is 25.0 Å². The van der Waals surface area contributed by atoms with Gasteiger partial charge >= 0.3 is 11.9 Å². The summed E-state index contributed by atoms with van der Waals surface area (Å²) in [6.07, 6.45) is 5.68. The Morgan fingerprint density at radius 3 is 2.39 bits per heavy atom. The van der Waals surface area contributed by atoms with Crippen LogP contribution in [-0.2, 0) is 17.8 Å². The van der Waals surface area contributed by atoms with Crippen molar-refractivity contribution in [2.24, 2.45) is 0 Å². The number of hydrogen-bond acceptors (Lipinski definition) is 7. The van der Waals surface area contributed by atoms with Crippen molar-refractivity contribution >= 4 is 11.9 Å². The van der Waals surface area contributed by atoms with Gasteiger partial charge in [-0.05, 0) is 30.9 Å². The Balaban J connectivity index is 2.04. The summed E-state index contributed by atoms with van der Waals surface area (Å²) in [6, 6.07) is 3.78. The lowest BCUT2D eigenvalue weighted by Gasteiger charge is -2.16. The Bertz CT molecular complexity index is 1030. The van der Waals surface area contributed by atoms with Crippen LogP contribution in [0.4, 0.5) is 0 Å². The summed E-state index contributed by atoms with van der Waals surface area (Å²) < 4.78 is 17.2. The van der Waals surface area contributed by atoms with Crippen molar-refractivity contribution in [2.75, 3.05) is 6.61 Å². The zero-order valence-corrected chi connectivity index (χ0v) is 19.0. The quantitative estimate of drug-likeness (QED) is 0.227. The number of unbranched alkanes of at least 4 members (excludes halogenated alkanes) is 4. The Morgan fingerprint density at radius 2 is 1.70 bits per heavy atom. The van der Waals surface area contributed by atoms with Gasteiger partial charge in [-0.3, -0.25) is 0 Å². The molecule has 33 heavy (non-hydrogen) atoms. The molecule has 178 valence electrons. The molecule has 0 atom stereocenters. The first-order chi connectivity index (χ1) is 15.9. The molecular weight excluding hydrogens is 428 g/mol. The second kappa shape index (κ2) is 11.0. The number of carboxylic acid groups (broad SMARTS) is 1. The number of carbonyl (C=O) groups excluding carboxylic acids is 1. The van der Waals surface area contributed by atoms with Gasteiger partial charge in [-0.1, -0.05) is 39.5 Å². The maximum Gasteiger partial charge on any atom is 0.347 e. The third kappa shape index (κ3) is 5.57. The second-order valence-corrected chi connectivity index (χ2v) is 8.07. The molecule has 0 amide bonds. The summed E-state index contributed by atoms with van der Waals surface area (Å²) >= 11 is 0. The minimum absolute atomic E-state index is 0.0460. The van der Waals surface area contributed by atoms with Crippen molar-refractivity contribution in [2.45, 2.75) is 65.4 Å². The second-order valence-electron chi connectivity index (χ2n) is 8.07. The molecule has 0 fully saturated rings. The number of carbonyl (C=O) groups is 2. The summed E-state index contributed by atoms with van der Waals surface area (Å²) in [7, 11) is 0. The largest absolute Gasteiger partial charge is 0.508 e. The summed E-state index contributed by atoms with van der Waals surface area (Å²) in [5.74, 6) is -2.64. The SMILES string of the molecule is CCCCCOCc1cc(O)cc2c1C(=O)Oc1cc(O)c(C(=O)O)c(CCCCC)c1O2. The zero-order valence-electron chi connectivity index (χ0n) is 19.0. The highest BCUT2D eigenvalue weighted by Gasteiger charge is 2.32. The molecule has 3 rings (SSSR count). The molecule has 3 N–H and O–H groups in total. The molecule has 8 nitrogen and oxygen atoms in total. The Hall–Kier alpha value is -3.26. The third-order valence-electron chi connectivity index (χ3n) is 5.51. The van der Waals surface area contributed by atoms with E-state index in [0.717, 1.165) is 38.2 Å². The van der Waals surface area contributed by atoms with Crippen LogP contribution in [0.15, 0.2) is 18.2 Å². The highest BCUT2D eigenvalue weighted by molar-refractivity contribution is 5.99. The molecule has 2 aromatic carbocycles. The van der Waals surface area contributed by atoms with Gasteiger partial charge in [0.2, 0.25) is 0 Å². The number of carboxylic acids is 1. The Morgan fingerprint density at radius 1 is 0.970 bits per heavy atom. The van der Waals surface area contributed by atoms with Crippen LogP contribution in [0.3, 0.4) is 0 Å². The summed E-state index contributed by atoms with van der Waals surface area (Å²) in [6.45, 7) is 4.69. The molecular formula is C25H30O8. The Kier molecular flexibility index (Phi) is 8.16. The van der Waals surface area contributed by atoms with E-state index in [1.165, 1.54) is 12.1 Å². The minimum atomic E-state index is -1.31. The fourth-order valence-corrected chi connectivity index (χ4v) is 3.88. The predicted octanol–water partition coefficient (Wildman–Crippen LogP) is 5.56. The molecule has 0 radical (unpaired) electrons. The topological polar surface area (TPSA) is 123 Å². The summed E-state index contributed by atoms with van der Waals surface area (Å²) in [5.41, 5.74) is 0.446. The molecule has 2 aromatic rings. The van der Waals surface area contributed by atoms with Crippen molar-refractivity contribution in [3.8, 4) is 28.7 Å². The number of phenols is 2. The van der Waals surface area contributed by atoms with Crippen LogP contribution >= 0.6 is 0 Å². The van der Waals surface area contributed by atoms with E-state index in [1.807, 2.05) is 6.92 Å². The van der Waals surface area contributed by atoms with Gasteiger partial charge in [-0.25, -0.2) is 9.59 Å². The van der Waals surface area contributed by atoms with Crippen LogP contribution in [0.25, 0.3) is 0 Å². The van der Waals surface area contributed by atoms with Crippen LogP contribution in [0, 0.1) is 0 Å². The smallest absolute Gasteiger partial charge is 0.347 e. The van der Waals surface area contributed by atoms with Gasteiger partial charge in [0.05, 0.1) is 6.61 Å². The van der Waals surface area contributed by atoms with Gasteiger partial charge in [0, 0.05) is 24.3 Å². The van der Waals surface area contributed by atoms with E-state index < -0.39 is 17.7 Å². The van der Waals surface area contributed by atoms with E-state index in [2.05, 4.69) is 6.92 Å². The van der Waals surface area contributed by atoms with E-state index in [-0.39, 0.29) is 46.3 Å². The number of rotatable bonds is 11. The molecule has 0 aromatic heterocycles. The molecule has 0 saturated heterocycles. The molecule has 0 saturated carbocycles. The Labute approximate surface area is 192 Å². The average molecular weight is 459 g/mol. The lowest BCUT2D eigenvalue weighted by atomic mass is 9.98. The lowest BCUT2D eigenvalue weighted by Crippen LogP contribution is -2.12. The summed E-state index contributed by atoms with van der Waals surface area (Å²) in [5, 5.41) is 30.3. The third-order valence-corrected chi connectivity index (χ3v) is 5.51. The van der Waals surface area contributed by atoms with Crippen LogP contribution in [0.5, 0.6) is 28.7 Å². The van der Waals surface area contributed by atoms with Gasteiger partial charge in [0.1, 0.15) is 28.4 Å². The fraction of sp³-hybridized carbons (Fsp3) is 0.440. The van der Waals surface area contributed by atoms with Crippen molar-refractivity contribution in [1.82, 2.24) is 0 Å². The molecule has 1 heterocycles. The van der Waals surface area contributed by atoms with E-state index in [9.17, 15) is 24.9 Å². The number of hydrogen-bond donors (Lipinski definition) is 3. The number of esters is 1. The number of aromatic carboxylic acids is 1. The van der Waals surface area contributed by atoms with Crippen molar-refractivity contribution < 1.29 is 39.1 Å². The van der Waals surface area contributed by atoms with E-state index >= 15 is 0 Å². The van der Waals surface area contributed by atoms with Gasteiger partial charge in [0.25, 0.3) is 0 Å². The van der Waals surface area contributed by atoms with Crippen LogP contribution in [0.1, 0.15) is 84.2 Å². The monoisotopic (exact) mass is 458 g/mol. The van der Waals surface area contributed by atoms with Gasteiger partial charge in [-0.15, -0.1) is 0 Å². The fourth-order valence-electron chi connectivity index (χ4n) is 3.88. The first-order valence-electron chi connectivity index (χ1n) is 11.3. The molecule has 1 aliphatic rings. The van der Waals surface area contributed by atoms with Gasteiger partial charge in [-0.2, -0.15) is 0 Å². The van der Waals surface area contributed by atoms with Crippen molar-refractivity contribution in [3.63, 3.8) is 0 Å². The van der Waals surface area contributed by atoms with Gasteiger partial charge < -0.3 is 29.5 Å². The molecule has 0 unspecified atom stereocenters. The lowest BCUT2D eigenvalue weighted by molar-refractivity contribution is 0.0691. The highest BCUT2D eigenvalue weighted by Crippen LogP contribution is 2.46. The number of aromatic hydroxyl groups is 2. The number of phenolic OH excluding ortho intramolecular Hbond substituents is 1. The number of ether oxygens (including phenoxy) is 3. The van der Waals surface area contributed by atoms with Crippen molar-refractivity contribution in [1.29, 1.82) is 0 Å². The van der Waals surface area contributed by atoms with Crippen LogP contribution in [-0.4, -0.2) is 33.9 Å². The first-order valence-corrected chi connectivity index (χ1v) is 11.3. The van der Waals surface area contributed by atoms with Crippen molar-refractivity contribution in [3.05, 3.63) is 40.5 Å². The molecule has 1 aliphatic heterocycles. The normalized spacial score (nSPS) is 12.4. The maximum atomic E-state index is 13.0. The minimum Gasteiger partial charge on any atom is -0.508 e. The van der Waals surface area contributed by atoms with E-state index in [1.54, 1.807) is 0 Å². The summed E-state index contributed by atoms with van der Waals surface area (Å²) in [4.78, 5) is 24.9.